The summed E-state index contributed by atoms with van der Waals surface area (Å²) in [5.74, 6) is -0.201. The molecule has 1 aromatic carbocycles. The molecule has 1 heterocycles. The number of imidazole rings is 1. The molecule has 0 saturated carbocycles. The van der Waals surface area contributed by atoms with Gasteiger partial charge in [-0.1, -0.05) is 29.3 Å². The maximum atomic E-state index is 12.1. The summed E-state index contributed by atoms with van der Waals surface area (Å²) in [6.45, 7) is 0. The molecule has 0 fully saturated rings. The Hall–Kier alpha value is -1.04. The fraction of sp³-hybridized carbons (Fsp3) is 0.182. The van der Waals surface area contributed by atoms with Gasteiger partial charge >= 0.3 is 0 Å². The van der Waals surface area contributed by atoms with Gasteiger partial charge in [-0.3, -0.25) is 0 Å². The third-order valence-electron chi connectivity index (χ3n) is 2.42. The molecule has 4 nitrogen and oxygen atoms in total. The van der Waals surface area contributed by atoms with Gasteiger partial charge in [-0.15, -0.1) is 0 Å². The summed E-state index contributed by atoms with van der Waals surface area (Å²) in [5, 5.41) is 0.826. The predicted molar refractivity (Wildman–Crippen MR) is 70.6 cm³/mol. The van der Waals surface area contributed by atoms with E-state index in [1.54, 1.807) is 25.4 Å². The predicted octanol–water partition coefficient (Wildman–Crippen LogP) is 2.70. The summed E-state index contributed by atoms with van der Waals surface area (Å²) in [6.07, 6.45) is 3.02. The number of aryl methyl sites for hydroxylation is 1. The van der Waals surface area contributed by atoms with Crippen LogP contribution in [0.2, 0.25) is 10.0 Å². The summed E-state index contributed by atoms with van der Waals surface area (Å²) in [4.78, 5) is 3.84. The van der Waals surface area contributed by atoms with Crippen LogP contribution in [0.4, 0.5) is 0 Å². The first kappa shape index (κ1) is 13.4. The topological polar surface area (TPSA) is 52.0 Å². The van der Waals surface area contributed by atoms with Crippen molar-refractivity contribution in [1.29, 1.82) is 0 Å². The van der Waals surface area contributed by atoms with Crippen LogP contribution >= 0.6 is 23.2 Å². The van der Waals surface area contributed by atoms with E-state index in [0.29, 0.717) is 15.6 Å². The summed E-state index contributed by atoms with van der Waals surface area (Å²) in [5.41, 5.74) is 0.504. The van der Waals surface area contributed by atoms with Gasteiger partial charge < -0.3 is 4.57 Å². The highest BCUT2D eigenvalue weighted by molar-refractivity contribution is 7.90. The molecule has 7 heteroatoms. The minimum absolute atomic E-state index is 0.0218. The molecule has 0 atom stereocenters. The van der Waals surface area contributed by atoms with Crippen LogP contribution < -0.4 is 0 Å². The number of halogens is 2. The Kier molecular flexibility index (Phi) is 3.66. The molecular formula is C11H10Cl2N2O2S. The molecule has 1 aromatic heterocycles. The van der Waals surface area contributed by atoms with Crippen LogP contribution in [0.1, 0.15) is 5.56 Å². The number of sulfone groups is 1. The Balaban J connectivity index is 2.37. The molecule has 0 aliphatic carbocycles. The standard InChI is InChI=1S/C11H10Cl2N2O2S/c1-15-5-4-14-11(15)18(16,17)7-8-2-3-9(12)6-10(8)13/h2-6H,7H2,1H3. The monoisotopic (exact) mass is 304 g/mol. The highest BCUT2D eigenvalue weighted by Gasteiger charge is 2.21. The molecular weight excluding hydrogens is 295 g/mol. The minimum atomic E-state index is -3.51. The quantitative estimate of drug-likeness (QED) is 0.876. The van der Waals surface area contributed by atoms with Crippen molar-refractivity contribution < 1.29 is 8.42 Å². The molecule has 0 N–H and O–H groups in total. The van der Waals surface area contributed by atoms with Crippen molar-refractivity contribution in [3.63, 3.8) is 0 Å². The van der Waals surface area contributed by atoms with E-state index in [2.05, 4.69) is 4.98 Å². The highest BCUT2D eigenvalue weighted by atomic mass is 35.5. The lowest BCUT2D eigenvalue weighted by molar-refractivity contribution is 0.578. The van der Waals surface area contributed by atoms with E-state index in [9.17, 15) is 8.42 Å². The Bertz CT molecular complexity index is 680. The molecule has 0 spiro atoms. The van der Waals surface area contributed by atoms with Gasteiger partial charge in [-0.05, 0) is 17.7 Å². The zero-order chi connectivity index (χ0) is 13.3. The summed E-state index contributed by atoms with van der Waals surface area (Å²) < 4.78 is 25.7. The number of benzene rings is 1. The van der Waals surface area contributed by atoms with Crippen molar-refractivity contribution in [2.45, 2.75) is 10.9 Å². The zero-order valence-corrected chi connectivity index (χ0v) is 11.8. The molecule has 2 aromatic rings. The number of nitrogens with zero attached hydrogens (tertiary/aromatic N) is 2. The Morgan fingerprint density at radius 3 is 2.61 bits per heavy atom. The lowest BCUT2D eigenvalue weighted by atomic mass is 10.2. The molecule has 96 valence electrons. The van der Waals surface area contributed by atoms with E-state index in [1.165, 1.54) is 16.8 Å². The van der Waals surface area contributed by atoms with Crippen LogP contribution in [0.15, 0.2) is 35.7 Å². The van der Waals surface area contributed by atoms with Gasteiger partial charge in [0.1, 0.15) is 0 Å². The van der Waals surface area contributed by atoms with E-state index in [4.69, 9.17) is 23.2 Å². The van der Waals surface area contributed by atoms with Crippen molar-refractivity contribution in [3.8, 4) is 0 Å². The summed E-state index contributed by atoms with van der Waals surface area (Å²) in [6, 6.07) is 4.73. The van der Waals surface area contributed by atoms with Crippen LogP contribution in [0, 0.1) is 0 Å². The average molecular weight is 305 g/mol. The average Bonchev–Trinajstić information content (AvgIpc) is 2.69. The van der Waals surface area contributed by atoms with Crippen molar-refractivity contribution in [2.24, 2.45) is 7.05 Å². The van der Waals surface area contributed by atoms with E-state index in [-0.39, 0.29) is 10.9 Å². The largest absolute Gasteiger partial charge is 0.325 e. The third-order valence-corrected chi connectivity index (χ3v) is 4.64. The van der Waals surface area contributed by atoms with E-state index in [1.807, 2.05) is 0 Å². The second-order valence-corrected chi connectivity index (χ2v) is 6.54. The van der Waals surface area contributed by atoms with Gasteiger partial charge in [0.2, 0.25) is 15.0 Å². The number of aromatic nitrogens is 2. The maximum Gasteiger partial charge on any atom is 0.227 e. The fourth-order valence-corrected chi connectivity index (χ4v) is 3.63. The second-order valence-electron chi connectivity index (χ2n) is 3.82. The number of hydrogen-bond acceptors (Lipinski definition) is 3. The molecule has 0 bridgehead atoms. The maximum absolute atomic E-state index is 12.1. The van der Waals surface area contributed by atoms with Crippen LogP contribution in [0.25, 0.3) is 0 Å². The number of rotatable bonds is 3. The second kappa shape index (κ2) is 4.91. The Morgan fingerprint density at radius 2 is 2.06 bits per heavy atom. The first-order chi connectivity index (χ1) is 8.40. The van der Waals surface area contributed by atoms with Gasteiger partial charge in [0.05, 0.1) is 5.75 Å². The van der Waals surface area contributed by atoms with Gasteiger partial charge in [-0.2, -0.15) is 0 Å². The first-order valence-corrected chi connectivity index (χ1v) is 7.45. The molecule has 2 rings (SSSR count). The van der Waals surface area contributed by atoms with Crippen LogP contribution in [0.3, 0.4) is 0 Å². The lowest BCUT2D eigenvalue weighted by Crippen LogP contribution is -2.11. The lowest BCUT2D eigenvalue weighted by Gasteiger charge is -2.06. The minimum Gasteiger partial charge on any atom is -0.325 e. The van der Waals surface area contributed by atoms with Gasteiger partial charge in [0.25, 0.3) is 0 Å². The van der Waals surface area contributed by atoms with Crippen LogP contribution in [-0.2, 0) is 22.6 Å². The molecule has 0 aliphatic rings. The van der Waals surface area contributed by atoms with Gasteiger partial charge in [0.15, 0.2) is 0 Å². The zero-order valence-electron chi connectivity index (χ0n) is 9.47. The number of hydrogen-bond donors (Lipinski definition) is 0. The van der Waals surface area contributed by atoms with Gasteiger partial charge in [-0.25, -0.2) is 13.4 Å². The van der Waals surface area contributed by atoms with Crippen LogP contribution in [0.5, 0.6) is 0 Å². The van der Waals surface area contributed by atoms with Gasteiger partial charge in [0, 0.05) is 29.5 Å². The summed E-state index contributed by atoms with van der Waals surface area (Å²) in [7, 11) is -1.88. The highest BCUT2D eigenvalue weighted by Crippen LogP contribution is 2.24. The molecule has 0 saturated heterocycles. The Morgan fingerprint density at radius 1 is 1.33 bits per heavy atom. The van der Waals surface area contributed by atoms with E-state index in [0.717, 1.165) is 0 Å². The molecule has 0 radical (unpaired) electrons. The molecule has 0 amide bonds. The van der Waals surface area contributed by atoms with Crippen molar-refractivity contribution >= 4 is 33.0 Å². The van der Waals surface area contributed by atoms with Crippen molar-refractivity contribution in [2.75, 3.05) is 0 Å². The molecule has 18 heavy (non-hydrogen) atoms. The SMILES string of the molecule is Cn1ccnc1S(=O)(=O)Cc1ccc(Cl)cc1Cl. The fourth-order valence-electron chi connectivity index (χ4n) is 1.56. The molecule has 0 aliphatic heterocycles. The normalized spacial score (nSPS) is 11.7. The molecule has 0 unspecified atom stereocenters. The summed E-state index contributed by atoms with van der Waals surface area (Å²) >= 11 is 11.7. The Labute approximate surface area is 115 Å². The van der Waals surface area contributed by atoms with Crippen molar-refractivity contribution in [3.05, 3.63) is 46.2 Å². The van der Waals surface area contributed by atoms with E-state index >= 15 is 0 Å². The first-order valence-electron chi connectivity index (χ1n) is 5.04. The van der Waals surface area contributed by atoms with Crippen LogP contribution in [-0.4, -0.2) is 18.0 Å². The van der Waals surface area contributed by atoms with E-state index < -0.39 is 9.84 Å². The smallest absolute Gasteiger partial charge is 0.227 e. The van der Waals surface area contributed by atoms with Crippen molar-refractivity contribution in [1.82, 2.24) is 9.55 Å². The third kappa shape index (κ3) is 2.68.